The van der Waals surface area contributed by atoms with Crippen molar-refractivity contribution in [1.82, 2.24) is 20.6 Å². The van der Waals surface area contributed by atoms with Crippen molar-refractivity contribution < 1.29 is 14.3 Å². The number of nitrogens with one attached hydrogen (secondary N) is 2. The lowest BCUT2D eigenvalue weighted by atomic mass is 10.2. The maximum absolute atomic E-state index is 11.7. The molecular formula is C10H8ClN5O3. The number of methoxy groups -OCH3 is 1. The summed E-state index contributed by atoms with van der Waals surface area (Å²) in [5.74, 6) is -1.28. The van der Waals surface area contributed by atoms with Crippen molar-refractivity contribution in [3.8, 4) is 0 Å². The minimum atomic E-state index is -0.597. The van der Waals surface area contributed by atoms with Gasteiger partial charge in [-0.25, -0.2) is 4.79 Å². The Balaban J connectivity index is 2.22. The summed E-state index contributed by atoms with van der Waals surface area (Å²) in [7, 11) is 1.24. The zero-order valence-corrected chi connectivity index (χ0v) is 10.4. The van der Waals surface area contributed by atoms with Gasteiger partial charge in [0.2, 0.25) is 0 Å². The number of tetrazole rings is 1. The molecule has 1 aromatic heterocycles. The van der Waals surface area contributed by atoms with Gasteiger partial charge in [-0.2, -0.15) is 5.21 Å². The second-order valence-electron chi connectivity index (χ2n) is 3.38. The minimum absolute atomic E-state index is 0.116. The molecule has 0 radical (unpaired) electrons. The van der Waals surface area contributed by atoms with E-state index in [1.54, 1.807) is 0 Å². The lowest BCUT2D eigenvalue weighted by Gasteiger charge is -2.06. The first kappa shape index (κ1) is 13.0. The number of rotatable bonds is 3. The van der Waals surface area contributed by atoms with Crippen molar-refractivity contribution in [3.05, 3.63) is 34.6 Å². The minimum Gasteiger partial charge on any atom is -0.465 e. The van der Waals surface area contributed by atoms with Gasteiger partial charge < -0.3 is 10.1 Å². The molecule has 98 valence electrons. The maximum Gasteiger partial charge on any atom is 0.339 e. The van der Waals surface area contributed by atoms with E-state index in [4.69, 9.17) is 11.6 Å². The molecule has 0 aliphatic carbocycles. The van der Waals surface area contributed by atoms with Crippen LogP contribution in [0.4, 0.5) is 5.69 Å². The molecule has 1 aromatic carbocycles. The standard InChI is InChI=1S/C10H8ClN5O3/c1-19-10(18)6-4-5(2-3-7(6)11)12-9(17)8-13-15-16-14-8/h2-4H,1H3,(H,12,17)(H,13,14,15,16). The molecule has 9 heteroatoms. The van der Waals surface area contributed by atoms with Crippen LogP contribution < -0.4 is 5.32 Å². The third kappa shape index (κ3) is 2.86. The number of H-pyrrole nitrogens is 1. The van der Waals surface area contributed by atoms with Gasteiger partial charge in [-0.1, -0.05) is 11.6 Å². The van der Waals surface area contributed by atoms with E-state index in [0.717, 1.165) is 0 Å². The second kappa shape index (κ2) is 5.44. The van der Waals surface area contributed by atoms with Crippen LogP contribution in [0.25, 0.3) is 0 Å². The summed E-state index contributed by atoms with van der Waals surface area (Å²) in [4.78, 5) is 23.1. The number of carbonyl (C=O) groups excluding carboxylic acids is 2. The van der Waals surface area contributed by atoms with E-state index in [-0.39, 0.29) is 16.4 Å². The molecule has 1 heterocycles. The monoisotopic (exact) mass is 281 g/mol. The molecule has 2 aromatic rings. The number of hydrogen-bond acceptors (Lipinski definition) is 6. The molecule has 19 heavy (non-hydrogen) atoms. The van der Waals surface area contributed by atoms with Gasteiger partial charge in [-0.05, 0) is 23.4 Å². The topological polar surface area (TPSA) is 110 Å². The van der Waals surface area contributed by atoms with Crippen LogP contribution in [0.3, 0.4) is 0 Å². The highest BCUT2D eigenvalue weighted by molar-refractivity contribution is 6.33. The molecule has 2 rings (SSSR count). The largest absolute Gasteiger partial charge is 0.465 e. The normalized spacial score (nSPS) is 10.0. The molecule has 0 saturated carbocycles. The fourth-order valence-corrected chi connectivity index (χ4v) is 1.51. The summed E-state index contributed by atoms with van der Waals surface area (Å²) in [6.45, 7) is 0. The van der Waals surface area contributed by atoms with Crippen LogP contribution >= 0.6 is 11.6 Å². The molecule has 0 saturated heterocycles. The molecule has 0 spiro atoms. The number of benzene rings is 1. The molecule has 0 atom stereocenters. The first-order valence-corrected chi connectivity index (χ1v) is 5.42. The summed E-state index contributed by atoms with van der Waals surface area (Å²) < 4.78 is 4.57. The van der Waals surface area contributed by atoms with Crippen LogP contribution in [0.2, 0.25) is 5.02 Å². The van der Waals surface area contributed by atoms with E-state index in [2.05, 4.69) is 30.7 Å². The highest BCUT2D eigenvalue weighted by atomic mass is 35.5. The molecule has 8 nitrogen and oxygen atoms in total. The Labute approximate surface area is 112 Å². The van der Waals surface area contributed by atoms with E-state index in [1.165, 1.54) is 25.3 Å². The number of anilines is 1. The average molecular weight is 282 g/mol. The summed E-state index contributed by atoms with van der Waals surface area (Å²) >= 11 is 5.85. The number of halogens is 1. The van der Waals surface area contributed by atoms with Gasteiger partial charge in [0.15, 0.2) is 0 Å². The van der Waals surface area contributed by atoms with Crippen molar-refractivity contribution in [1.29, 1.82) is 0 Å². The molecular weight excluding hydrogens is 274 g/mol. The van der Waals surface area contributed by atoms with Crippen LogP contribution in [0, 0.1) is 0 Å². The fraction of sp³-hybridized carbons (Fsp3) is 0.100. The number of ether oxygens (including phenoxy) is 1. The fourth-order valence-electron chi connectivity index (χ4n) is 1.31. The SMILES string of the molecule is COC(=O)c1cc(NC(=O)c2nn[nH]n2)ccc1Cl. The Kier molecular flexibility index (Phi) is 3.71. The molecule has 1 amide bonds. The van der Waals surface area contributed by atoms with Gasteiger partial charge in [0, 0.05) is 5.69 Å². The van der Waals surface area contributed by atoms with Gasteiger partial charge in [-0.3, -0.25) is 4.79 Å². The number of aromatic amines is 1. The third-order valence-electron chi connectivity index (χ3n) is 2.18. The lowest BCUT2D eigenvalue weighted by molar-refractivity contribution is 0.0600. The molecule has 0 aliphatic heterocycles. The molecule has 0 unspecified atom stereocenters. The number of amides is 1. The molecule has 2 N–H and O–H groups in total. The third-order valence-corrected chi connectivity index (χ3v) is 2.51. The zero-order valence-electron chi connectivity index (χ0n) is 9.68. The van der Waals surface area contributed by atoms with E-state index in [1.807, 2.05) is 0 Å². The highest BCUT2D eigenvalue weighted by Gasteiger charge is 2.14. The Morgan fingerprint density at radius 1 is 1.42 bits per heavy atom. The van der Waals surface area contributed by atoms with E-state index < -0.39 is 11.9 Å². The Hall–Kier alpha value is -2.48. The number of hydrogen-bond donors (Lipinski definition) is 2. The van der Waals surface area contributed by atoms with Crippen LogP contribution in [-0.4, -0.2) is 39.6 Å². The summed E-state index contributed by atoms with van der Waals surface area (Å²) in [5.41, 5.74) is 0.509. The van der Waals surface area contributed by atoms with Crippen molar-refractivity contribution in [2.45, 2.75) is 0 Å². The molecule has 0 fully saturated rings. The van der Waals surface area contributed by atoms with Crippen molar-refractivity contribution in [3.63, 3.8) is 0 Å². The number of esters is 1. The van der Waals surface area contributed by atoms with Crippen LogP contribution in [0.1, 0.15) is 21.0 Å². The smallest absolute Gasteiger partial charge is 0.339 e. The first-order valence-electron chi connectivity index (χ1n) is 5.04. The van der Waals surface area contributed by atoms with E-state index >= 15 is 0 Å². The van der Waals surface area contributed by atoms with Gasteiger partial charge in [0.25, 0.3) is 11.7 Å². The first-order chi connectivity index (χ1) is 9.11. The highest BCUT2D eigenvalue weighted by Crippen LogP contribution is 2.21. The quantitative estimate of drug-likeness (QED) is 0.809. The zero-order chi connectivity index (χ0) is 13.8. The van der Waals surface area contributed by atoms with Gasteiger partial charge >= 0.3 is 5.97 Å². The van der Waals surface area contributed by atoms with E-state index in [0.29, 0.717) is 5.69 Å². The number of carbonyl (C=O) groups is 2. The Morgan fingerprint density at radius 2 is 2.21 bits per heavy atom. The summed E-state index contributed by atoms with van der Waals surface area (Å²) in [5, 5.41) is 15.2. The number of aromatic nitrogens is 4. The Morgan fingerprint density at radius 3 is 2.84 bits per heavy atom. The number of nitrogens with zero attached hydrogens (tertiary/aromatic N) is 3. The Bertz CT molecular complexity index is 614. The maximum atomic E-state index is 11.7. The van der Waals surface area contributed by atoms with Crippen LogP contribution in [0.5, 0.6) is 0 Å². The van der Waals surface area contributed by atoms with Gasteiger partial charge in [0.1, 0.15) is 0 Å². The van der Waals surface area contributed by atoms with Crippen molar-refractivity contribution in [2.24, 2.45) is 0 Å². The summed E-state index contributed by atoms with van der Waals surface area (Å²) in [6.07, 6.45) is 0. The van der Waals surface area contributed by atoms with E-state index in [9.17, 15) is 9.59 Å². The van der Waals surface area contributed by atoms with Crippen molar-refractivity contribution in [2.75, 3.05) is 12.4 Å². The van der Waals surface area contributed by atoms with Gasteiger partial charge in [-0.15, -0.1) is 10.2 Å². The molecule has 0 aliphatic rings. The van der Waals surface area contributed by atoms with Crippen molar-refractivity contribution >= 4 is 29.2 Å². The van der Waals surface area contributed by atoms with Crippen LogP contribution in [-0.2, 0) is 4.74 Å². The predicted molar refractivity (Wildman–Crippen MR) is 64.9 cm³/mol. The van der Waals surface area contributed by atoms with Crippen LogP contribution in [0.15, 0.2) is 18.2 Å². The second-order valence-corrected chi connectivity index (χ2v) is 3.78. The predicted octanol–water partition coefficient (Wildman–Crippen LogP) is 0.892. The molecule has 0 bridgehead atoms. The van der Waals surface area contributed by atoms with Gasteiger partial charge in [0.05, 0.1) is 17.7 Å². The summed E-state index contributed by atoms with van der Waals surface area (Å²) in [6, 6.07) is 4.40. The average Bonchev–Trinajstić information content (AvgIpc) is 2.94. The lowest BCUT2D eigenvalue weighted by Crippen LogP contribution is -2.14.